The molecule has 0 aliphatic carbocycles. The lowest BCUT2D eigenvalue weighted by Crippen LogP contribution is -2.43. The standard InChI is InChI=1S/C27H29ClN4OS.CH2O2/c1-20-6-2-3-10-25(20)29-27(33)32-13-5-7-21-18-24(11-12-26(21)32)34-31-16-14-30(15-17-31)23-9-4-8-22(28)19-23;2-1-3/h2-4,6,8-12,18-19H,5,7,13-17H2,1H3,(H,29,33);1H,(H,2,3). The number of piperazine rings is 1. The number of carboxylic acid groups (broad SMARTS) is 1. The van der Waals surface area contributed by atoms with Gasteiger partial charge in [-0.05, 0) is 85.3 Å². The van der Waals surface area contributed by atoms with E-state index in [1.54, 1.807) is 0 Å². The molecule has 2 aliphatic heterocycles. The van der Waals surface area contributed by atoms with Crippen LogP contribution in [0.3, 0.4) is 0 Å². The van der Waals surface area contributed by atoms with Gasteiger partial charge in [0.1, 0.15) is 0 Å². The van der Waals surface area contributed by atoms with Crippen molar-refractivity contribution in [3.63, 3.8) is 0 Å². The van der Waals surface area contributed by atoms with Gasteiger partial charge in [0.2, 0.25) is 0 Å². The Labute approximate surface area is 227 Å². The fourth-order valence-corrected chi connectivity index (χ4v) is 5.75. The van der Waals surface area contributed by atoms with Crippen molar-refractivity contribution in [2.45, 2.75) is 24.7 Å². The Morgan fingerprint density at radius 3 is 2.49 bits per heavy atom. The predicted molar refractivity (Wildman–Crippen MR) is 152 cm³/mol. The zero-order valence-corrected chi connectivity index (χ0v) is 22.3. The van der Waals surface area contributed by atoms with E-state index in [0.717, 1.165) is 67.5 Å². The number of carbonyl (C=O) groups is 2. The Kier molecular flexibility index (Phi) is 9.33. The number of anilines is 3. The Bertz CT molecular complexity index is 1230. The second-order valence-corrected chi connectivity index (χ2v) is 10.5. The number of fused-ring (bicyclic) bond motifs is 1. The Morgan fingerprint density at radius 1 is 1.00 bits per heavy atom. The van der Waals surface area contributed by atoms with Crippen LogP contribution in [0.25, 0.3) is 0 Å². The molecule has 2 N–H and O–H groups in total. The minimum absolute atomic E-state index is 0.0622. The Balaban J connectivity index is 0.00000102. The average molecular weight is 539 g/mol. The number of hydrogen-bond donors (Lipinski definition) is 2. The van der Waals surface area contributed by atoms with Gasteiger partial charge in [-0.15, -0.1) is 0 Å². The van der Waals surface area contributed by atoms with Crippen LogP contribution in [0.2, 0.25) is 5.02 Å². The number of halogens is 1. The second kappa shape index (κ2) is 12.9. The topological polar surface area (TPSA) is 76.1 Å². The van der Waals surface area contributed by atoms with Crippen molar-refractivity contribution in [1.82, 2.24) is 4.31 Å². The lowest BCUT2D eigenvalue weighted by Gasteiger charge is -2.35. The van der Waals surface area contributed by atoms with E-state index in [4.69, 9.17) is 21.5 Å². The molecule has 9 heteroatoms. The quantitative estimate of drug-likeness (QED) is 0.306. The van der Waals surface area contributed by atoms with E-state index in [1.807, 2.05) is 66.2 Å². The fraction of sp³-hybridized carbons (Fsp3) is 0.286. The number of amides is 2. The number of benzene rings is 3. The van der Waals surface area contributed by atoms with E-state index in [0.29, 0.717) is 0 Å². The van der Waals surface area contributed by atoms with Crippen LogP contribution in [0.4, 0.5) is 21.9 Å². The highest BCUT2D eigenvalue weighted by Crippen LogP contribution is 2.34. The number of hydrogen-bond acceptors (Lipinski definition) is 5. The molecule has 0 spiro atoms. The van der Waals surface area contributed by atoms with Crippen LogP contribution in [-0.4, -0.2) is 54.6 Å². The van der Waals surface area contributed by atoms with Crippen LogP contribution in [0.15, 0.2) is 71.6 Å². The van der Waals surface area contributed by atoms with Gasteiger partial charge in [0, 0.05) is 59.7 Å². The van der Waals surface area contributed by atoms with Crippen molar-refractivity contribution in [2.75, 3.05) is 47.8 Å². The second-order valence-electron chi connectivity index (χ2n) is 8.88. The van der Waals surface area contributed by atoms with E-state index in [-0.39, 0.29) is 12.5 Å². The van der Waals surface area contributed by atoms with Crippen molar-refractivity contribution < 1.29 is 14.7 Å². The molecule has 2 heterocycles. The number of urea groups is 1. The summed E-state index contributed by atoms with van der Waals surface area (Å²) in [5, 5.41) is 10.8. The third-order valence-corrected chi connectivity index (χ3v) is 7.77. The first-order chi connectivity index (χ1) is 18.0. The van der Waals surface area contributed by atoms with Crippen molar-refractivity contribution in [3.05, 3.63) is 82.9 Å². The molecule has 3 aromatic carbocycles. The summed E-state index contributed by atoms with van der Waals surface area (Å²) in [6, 6.07) is 22.4. The molecule has 0 bridgehead atoms. The summed E-state index contributed by atoms with van der Waals surface area (Å²) >= 11 is 7.98. The molecular weight excluding hydrogens is 508 g/mol. The van der Waals surface area contributed by atoms with Gasteiger partial charge in [-0.25, -0.2) is 9.10 Å². The Hall–Kier alpha value is -3.20. The molecule has 2 aliphatic rings. The van der Waals surface area contributed by atoms with Crippen molar-refractivity contribution in [1.29, 1.82) is 0 Å². The minimum Gasteiger partial charge on any atom is -0.483 e. The van der Waals surface area contributed by atoms with Crippen LogP contribution < -0.4 is 15.1 Å². The van der Waals surface area contributed by atoms with Gasteiger partial charge < -0.3 is 15.3 Å². The van der Waals surface area contributed by atoms with Gasteiger partial charge in [-0.3, -0.25) is 9.69 Å². The van der Waals surface area contributed by atoms with Crippen LogP contribution in [0.5, 0.6) is 0 Å². The summed E-state index contributed by atoms with van der Waals surface area (Å²) in [6.07, 6.45) is 1.97. The summed E-state index contributed by atoms with van der Waals surface area (Å²) in [4.78, 5) is 26.9. The molecule has 0 radical (unpaired) electrons. The largest absolute Gasteiger partial charge is 0.483 e. The number of carbonyl (C=O) groups excluding carboxylic acids is 1. The summed E-state index contributed by atoms with van der Waals surface area (Å²) in [6.45, 7) is 6.43. The molecular formula is C28H31ClN4O3S. The molecule has 0 saturated carbocycles. The first-order valence-corrected chi connectivity index (χ1v) is 13.4. The number of rotatable bonds is 4. The number of para-hydroxylation sites is 1. The number of nitrogens with one attached hydrogen (secondary N) is 1. The normalized spacial score (nSPS) is 15.3. The lowest BCUT2D eigenvalue weighted by atomic mass is 10.0. The average Bonchev–Trinajstić information content (AvgIpc) is 2.90. The summed E-state index contributed by atoms with van der Waals surface area (Å²) in [5.74, 6) is 0. The molecule has 1 saturated heterocycles. The zero-order valence-electron chi connectivity index (χ0n) is 20.8. The maximum Gasteiger partial charge on any atom is 0.326 e. The van der Waals surface area contributed by atoms with Crippen molar-refractivity contribution in [2.24, 2.45) is 0 Å². The Morgan fingerprint density at radius 2 is 1.76 bits per heavy atom. The maximum atomic E-state index is 13.0. The van der Waals surface area contributed by atoms with Crippen LogP contribution in [0, 0.1) is 6.92 Å². The SMILES string of the molecule is Cc1ccccc1NC(=O)N1CCCc2cc(SN3CCN(c4cccc(Cl)c4)CC3)ccc21.O=CO. The van der Waals surface area contributed by atoms with Crippen LogP contribution in [0.1, 0.15) is 17.5 Å². The van der Waals surface area contributed by atoms with Crippen molar-refractivity contribution >= 4 is 53.1 Å². The molecule has 0 atom stereocenters. The van der Waals surface area contributed by atoms with Gasteiger partial charge in [0.05, 0.1) is 0 Å². The zero-order chi connectivity index (χ0) is 26.2. The molecule has 194 valence electrons. The van der Waals surface area contributed by atoms with Crippen LogP contribution >= 0.6 is 23.5 Å². The molecule has 37 heavy (non-hydrogen) atoms. The summed E-state index contributed by atoms with van der Waals surface area (Å²) < 4.78 is 2.42. The number of nitrogens with zero attached hydrogens (tertiary/aromatic N) is 3. The summed E-state index contributed by atoms with van der Waals surface area (Å²) in [5.41, 5.74) is 5.38. The highest BCUT2D eigenvalue weighted by atomic mass is 35.5. The highest BCUT2D eigenvalue weighted by molar-refractivity contribution is 7.97. The molecule has 0 unspecified atom stereocenters. The van der Waals surface area contributed by atoms with E-state index in [1.165, 1.54) is 16.1 Å². The van der Waals surface area contributed by atoms with Gasteiger partial charge in [-0.1, -0.05) is 35.9 Å². The van der Waals surface area contributed by atoms with Crippen LogP contribution in [-0.2, 0) is 11.2 Å². The molecule has 0 aromatic heterocycles. The molecule has 1 fully saturated rings. The number of aryl methyl sites for hydroxylation is 2. The van der Waals surface area contributed by atoms with E-state index < -0.39 is 0 Å². The van der Waals surface area contributed by atoms with E-state index in [9.17, 15) is 4.79 Å². The van der Waals surface area contributed by atoms with Gasteiger partial charge >= 0.3 is 6.03 Å². The minimum atomic E-state index is -0.250. The first-order valence-electron chi connectivity index (χ1n) is 12.3. The monoisotopic (exact) mass is 538 g/mol. The van der Waals surface area contributed by atoms with Gasteiger partial charge in [0.25, 0.3) is 6.47 Å². The summed E-state index contributed by atoms with van der Waals surface area (Å²) in [7, 11) is 0. The third-order valence-electron chi connectivity index (χ3n) is 6.45. The van der Waals surface area contributed by atoms with Crippen molar-refractivity contribution in [3.8, 4) is 0 Å². The maximum absolute atomic E-state index is 13.0. The fourth-order valence-electron chi connectivity index (χ4n) is 4.60. The lowest BCUT2D eigenvalue weighted by molar-refractivity contribution is -0.122. The van der Waals surface area contributed by atoms with Gasteiger partial charge in [-0.2, -0.15) is 0 Å². The predicted octanol–water partition coefficient (Wildman–Crippen LogP) is 6.16. The van der Waals surface area contributed by atoms with Gasteiger partial charge in [0.15, 0.2) is 0 Å². The first kappa shape index (κ1) is 26.9. The van der Waals surface area contributed by atoms with E-state index in [2.05, 4.69) is 38.8 Å². The highest BCUT2D eigenvalue weighted by Gasteiger charge is 2.24. The molecule has 2 amide bonds. The third kappa shape index (κ3) is 6.97. The van der Waals surface area contributed by atoms with E-state index >= 15 is 0 Å². The molecule has 7 nitrogen and oxygen atoms in total. The molecule has 3 aromatic rings. The smallest absolute Gasteiger partial charge is 0.326 e. The molecule has 5 rings (SSSR count).